The molecule has 6 nitrogen and oxygen atoms in total. The number of nitrogens with one attached hydrogen (secondary N) is 1. The minimum absolute atomic E-state index is 0.114. The van der Waals surface area contributed by atoms with Gasteiger partial charge in [-0.15, -0.1) is 0 Å². The predicted molar refractivity (Wildman–Crippen MR) is 118 cm³/mol. The van der Waals surface area contributed by atoms with Crippen molar-refractivity contribution in [3.63, 3.8) is 0 Å². The lowest BCUT2D eigenvalue weighted by molar-refractivity contribution is -0.136. The normalized spacial score (nSPS) is 16.3. The molecule has 1 aliphatic rings. The average Bonchev–Trinajstić information content (AvgIpc) is 2.77. The average molecular weight is 414 g/mol. The van der Waals surface area contributed by atoms with Gasteiger partial charge in [0, 0.05) is 28.5 Å². The number of esters is 1. The summed E-state index contributed by atoms with van der Waals surface area (Å²) in [4.78, 5) is 29.6. The molecule has 0 radical (unpaired) electrons. The smallest absolute Gasteiger partial charge is 0.336 e. The van der Waals surface area contributed by atoms with Crippen LogP contribution in [0.25, 0.3) is 22.0 Å². The zero-order chi connectivity index (χ0) is 22.1. The Hall–Kier alpha value is -3.93. The summed E-state index contributed by atoms with van der Waals surface area (Å²) in [6.07, 6.45) is 1.80. The van der Waals surface area contributed by atoms with Gasteiger partial charge in [-0.05, 0) is 37.1 Å². The first-order valence-electron chi connectivity index (χ1n) is 9.86. The minimum atomic E-state index is -1.09. The zero-order valence-corrected chi connectivity index (χ0v) is 17.5. The van der Waals surface area contributed by atoms with Crippen LogP contribution in [-0.4, -0.2) is 29.1 Å². The molecule has 0 bridgehead atoms. The summed E-state index contributed by atoms with van der Waals surface area (Å²) >= 11 is 0. The molecule has 31 heavy (non-hydrogen) atoms. The molecule has 0 fully saturated rings. The molecule has 4 rings (SSSR count). The van der Waals surface area contributed by atoms with Crippen LogP contribution in [0.5, 0.6) is 0 Å². The van der Waals surface area contributed by atoms with Crippen LogP contribution >= 0.6 is 0 Å². The molecule has 6 heteroatoms. The standard InChI is InChI=1S/C25H22N2O4/c1-14-21(24(28)29)23(22(15(2)27-14)25(30)31-3)18-10-7-11-20-19(18)12-17(13-26-20)16-8-5-4-6-9-16/h4-13,23,27H,1-3H3,(H,28,29). The summed E-state index contributed by atoms with van der Waals surface area (Å²) in [5.41, 5.74) is 4.79. The van der Waals surface area contributed by atoms with Gasteiger partial charge >= 0.3 is 11.9 Å². The first kappa shape index (κ1) is 20.3. The fourth-order valence-electron chi connectivity index (χ4n) is 4.18. The van der Waals surface area contributed by atoms with E-state index in [0.29, 0.717) is 17.0 Å². The molecule has 1 atom stereocenters. The van der Waals surface area contributed by atoms with Gasteiger partial charge in [0.05, 0.1) is 29.7 Å². The van der Waals surface area contributed by atoms with E-state index in [1.54, 1.807) is 20.0 Å². The number of carboxylic acid groups (broad SMARTS) is 1. The van der Waals surface area contributed by atoms with E-state index >= 15 is 0 Å². The highest BCUT2D eigenvalue weighted by molar-refractivity contribution is 6.01. The van der Waals surface area contributed by atoms with Crippen molar-refractivity contribution < 1.29 is 19.4 Å². The maximum Gasteiger partial charge on any atom is 0.336 e. The van der Waals surface area contributed by atoms with Crippen LogP contribution in [0.3, 0.4) is 0 Å². The van der Waals surface area contributed by atoms with Crippen molar-refractivity contribution in [3.05, 3.63) is 88.9 Å². The molecule has 1 aromatic heterocycles. The number of rotatable bonds is 4. The summed E-state index contributed by atoms with van der Waals surface area (Å²) in [5, 5.41) is 13.8. The summed E-state index contributed by atoms with van der Waals surface area (Å²) in [6, 6.07) is 17.4. The van der Waals surface area contributed by atoms with Crippen LogP contribution in [0.15, 0.2) is 83.3 Å². The van der Waals surface area contributed by atoms with Gasteiger partial charge < -0.3 is 15.2 Å². The maximum atomic E-state index is 12.7. The predicted octanol–water partition coefficient (Wildman–Crippen LogP) is 4.39. The number of dihydropyridines is 1. The lowest BCUT2D eigenvalue weighted by Crippen LogP contribution is -2.31. The van der Waals surface area contributed by atoms with Gasteiger partial charge in [0.1, 0.15) is 0 Å². The van der Waals surface area contributed by atoms with Crippen LogP contribution in [-0.2, 0) is 14.3 Å². The Morgan fingerprint density at radius 1 is 0.968 bits per heavy atom. The number of nitrogens with zero attached hydrogens (tertiary/aromatic N) is 1. The van der Waals surface area contributed by atoms with Crippen molar-refractivity contribution in [2.75, 3.05) is 7.11 Å². The zero-order valence-electron chi connectivity index (χ0n) is 17.5. The van der Waals surface area contributed by atoms with Gasteiger partial charge in [0.2, 0.25) is 0 Å². The molecule has 0 saturated carbocycles. The summed E-state index contributed by atoms with van der Waals surface area (Å²) < 4.78 is 5.01. The highest BCUT2D eigenvalue weighted by Gasteiger charge is 2.37. The monoisotopic (exact) mass is 414 g/mol. The van der Waals surface area contributed by atoms with Crippen LogP contribution in [0.4, 0.5) is 0 Å². The van der Waals surface area contributed by atoms with Crippen LogP contribution in [0, 0.1) is 0 Å². The molecule has 0 aliphatic carbocycles. The summed E-state index contributed by atoms with van der Waals surface area (Å²) in [6.45, 7) is 3.45. The van der Waals surface area contributed by atoms with E-state index in [2.05, 4.69) is 10.3 Å². The fraction of sp³-hybridized carbons (Fsp3) is 0.160. The van der Waals surface area contributed by atoms with Crippen molar-refractivity contribution in [1.82, 2.24) is 10.3 Å². The molecule has 0 spiro atoms. The molecule has 2 N–H and O–H groups in total. The number of aliphatic carboxylic acids is 1. The molecular formula is C25H22N2O4. The quantitative estimate of drug-likeness (QED) is 0.616. The molecule has 156 valence electrons. The van der Waals surface area contributed by atoms with Crippen LogP contribution in [0.2, 0.25) is 0 Å². The van der Waals surface area contributed by atoms with Crippen molar-refractivity contribution in [1.29, 1.82) is 0 Å². The Labute approximate surface area is 179 Å². The molecule has 1 unspecified atom stereocenters. The summed E-state index contributed by atoms with van der Waals surface area (Å²) in [5.74, 6) is -2.44. The number of benzene rings is 2. The minimum Gasteiger partial charge on any atom is -0.478 e. The van der Waals surface area contributed by atoms with Crippen molar-refractivity contribution in [3.8, 4) is 11.1 Å². The largest absolute Gasteiger partial charge is 0.478 e. The lowest BCUT2D eigenvalue weighted by Gasteiger charge is -2.30. The number of methoxy groups -OCH3 is 1. The van der Waals surface area contributed by atoms with E-state index in [0.717, 1.165) is 22.0 Å². The number of carboxylic acids is 1. The molecule has 0 saturated heterocycles. The third-order valence-electron chi connectivity index (χ3n) is 5.57. The highest BCUT2D eigenvalue weighted by Crippen LogP contribution is 2.41. The molecular weight excluding hydrogens is 392 g/mol. The summed E-state index contributed by atoms with van der Waals surface area (Å²) in [7, 11) is 1.30. The number of fused-ring (bicyclic) bond motifs is 1. The van der Waals surface area contributed by atoms with E-state index in [1.807, 2.05) is 54.6 Å². The van der Waals surface area contributed by atoms with E-state index in [9.17, 15) is 14.7 Å². The van der Waals surface area contributed by atoms with Crippen LogP contribution < -0.4 is 5.32 Å². The molecule has 1 aliphatic heterocycles. The van der Waals surface area contributed by atoms with E-state index in [-0.39, 0.29) is 11.1 Å². The molecule has 2 heterocycles. The van der Waals surface area contributed by atoms with Gasteiger partial charge in [0.15, 0.2) is 0 Å². The maximum absolute atomic E-state index is 12.7. The Balaban J connectivity index is 2.01. The Bertz CT molecular complexity index is 1260. The number of carbonyl (C=O) groups is 2. The SMILES string of the molecule is COC(=O)C1=C(C)NC(C)=C(C(=O)O)C1c1cccc2ncc(-c3ccccc3)cc12. The number of hydrogen-bond donors (Lipinski definition) is 2. The topological polar surface area (TPSA) is 88.5 Å². The molecule has 2 aromatic carbocycles. The Morgan fingerprint density at radius 2 is 1.68 bits per heavy atom. The van der Waals surface area contributed by atoms with Gasteiger partial charge in [-0.25, -0.2) is 9.59 Å². The van der Waals surface area contributed by atoms with E-state index in [4.69, 9.17) is 4.74 Å². The first-order valence-corrected chi connectivity index (χ1v) is 9.86. The number of aromatic nitrogens is 1. The van der Waals surface area contributed by atoms with Crippen LogP contribution in [0.1, 0.15) is 25.3 Å². The van der Waals surface area contributed by atoms with E-state index in [1.165, 1.54) is 7.11 Å². The number of ether oxygens (including phenoxy) is 1. The number of allylic oxidation sites excluding steroid dienone is 2. The second-order valence-electron chi connectivity index (χ2n) is 7.44. The van der Waals surface area contributed by atoms with Gasteiger partial charge in [-0.1, -0.05) is 42.5 Å². The Morgan fingerprint density at radius 3 is 2.35 bits per heavy atom. The molecule has 0 amide bonds. The second kappa shape index (κ2) is 8.07. The van der Waals surface area contributed by atoms with Gasteiger partial charge in [-0.2, -0.15) is 0 Å². The first-order chi connectivity index (χ1) is 14.9. The number of hydrogen-bond acceptors (Lipinski definition) is 5. The van der Waals surface area contributed by atoms with Crippen molar-refractivity contribution >= 4 is 22.8 Å². The van der Waals surface area contributed by atoms with E-state index < -0.39 is 17.9 Å². The van der Waals surface area contributed by atoms with Gasteiger partial charge in [0.25, 0.3) is 0 Å². The van der Waals surface area contributed by atoms with Gasteiger partial charge in [-0.3, -0.25) is 4.98 Å². The molecule has 3 aromatic rings. The lowest BCUT2D eigenvalue weighted by atomic mass is 9.79. The Kier molecular flexibility index (Phi) is 5.29. The number of pyridine rings is 1. The second-order valence-corrected chi connectivity index (χ2v) is 7.44. The van der Waals surface area contributed by atoms with Crippen molar-refractivity contribution in [2.24, 2.45) is 0 Å². The number of carbonyl (C=O) groups excluding carboxylic acids is 1. The highest BCUT2D eigenvalue weighted by atomic mass is 16.5. The fourth-order valence-corrected chi connectivity index (χ4v) is 4.18. The third kappa shape index (κ3) is 3.57. The third-order valence-corrected chi connectivity index (χ3v) is 5.57. The van der Waals surface area contributed by atoms with Crippen molar-refractivity contribution in [2.45, 2.75) is 19.8 Å².